The Hall–Kier alpha value is -1.84. The van der Waals surface area contributed by atoms with Crippen molar-refractivity contribution in [1.29, 1.82) is 0 Å². The summed E-state index contributed by atoms with van der Waals surface area (Å²) in [4.78, 5) is 8.53. The van der Waals surface area contributed by atoms with Gasteiger partial charge < -0.3 is 11.1 Å². The standard InChI is InChI=1S/C14H20N4/c1-3-10(4-2)9-16-13-11-7-5-6-8-12(11)17-14(15)18-13/h5-8,10H,3-4,9H2,1-2H3,(H3,15,16,17,18). The van der Waals surface area contributed by atoms with E-state index in [4.69, 9.17) is 5.73 Å². The molecule has 0 saturated heterocycles. The van der Waals surface area contributed by atoms with Crippen molar-refractivity contribution in [3.63, 3.8) is 0 Å². The van der Waals surface area contributed by atoms with Crippen molar-refractivity contribution >= 4 is 22.7 Å². The van der Waals surface area contributed by atoms with Crippen LogP contribution in [0.15, 0.2) is 24.3 Å². The van der Waals surface area contributed by atoms with Crippen molar-refractivity contribution < 1.29 is 0 Å². The fourth-order valence-electron chi connectivity index (χ4n) is 2.05. The third-order valence-corrected chi connectivity index (χ3v) is 3.33. The van der Waals surface area contributed by atoms with Gasteiger partial charge in [0.25, 0.3) is 0 Å². The first-order valence-corrected chi connectivity index (χ1v) is 6.50. The van der Waals surface area contributed by atoms with Gasteiger partial charge in [-0.15, -0.1) is 0 Å². The largest absolute Gasteiger partial charge is 0.369 e. The highest BCUT2D eigenvalue weighted by Crippen LogP contribution is 2.21. The first-order valence-electron chi connectivity index (χ1n) is 6.50. The summed E-state index contributed by atoms with van der Waals surface area (Å²) < 4.78 is 0. The Bertz CT molecular complexity index is 520. The zero-order valence-electron chi connectivity index (χ0n) is 11.0. The lowest BCUT2D eigenvalue weighted by Crippen LogP contribution is -2.14. The first-order chi connectivity index (χ1) is 8.74. The number of hydrogen-bond acceptors (Lipinski definition) is 4. The summed E-state index contributed by atoms with van der Waals surface area (Å²) in [6.07, 6.45) is 2.34. The van der Waals surface area contributed by atoms with E-state index >= 15 is 0 Å². The Morgan fingerprint density at radius 2 is 1.89 bits per heavy atom. The summed E-state index contributed by atoms with van der Waals surface area (Å²) in [6, 6.07) is 7.92. The molecule has 4 heteroatoms. The molecule has 0 atom stereocenters. The molecule has 0 amide bonds. The maximum atomic E-state index is 5.73. The van der Waals surface area contributed by atoms with E-state index in [9.17, 15) is 0 Å². The summed E-state index contributed by atoms with van der Waals surface area (Å²) >= 11 is 0. The number of aromatic nitrogens is 2. The average molecular weight is 244 g/mol. The van der Waals surface area contributed by atoms with Crippen molar-refractivity contribution in [1.82, 2.24) is 9.97 Å². The predicted molar refractivity (Wildman–Crippen MR) is 76.5 cm³/mol. The Morgan fingerprint density at radius 1 is 1.17 bits per heavy atom. The van der Waals surface area contributed by atoms with E-state index in [-0.39, 0.29) is 0 Å². The maximum Gasteiger partial charge on any atom is 0.222 e. The molecule has 0 aliphatic rings. The Labute approximate surface area is 108 Å². The molecule has 96 valence electrons. The first kappa shape index (κ1) is 12.6. The molecule has 0 aliphatic carbocycles. The quantitative estimate of drug-likeness (QED) is 0.848. The molecule has 4 nitrogen and oxygen atoms in total. The number of benzene rings is 1. The van der Waals surface area contributed by atoms with Gasteiger partial charge in [-0.25, -0.2) is 4.98 Å². The molecule has 0 fully saturated rings. The van der Waals surface area contributed by atoms with Gasteiger partial charge in [-0.1, -0.05) is 38.8 Å². The number of rotatable bonds is 5. The Balaban J connectivity index is 2.26. The lowest BCUT2D eigenvalue weighted by Gasteiger charge is -2.15. The lowest BCUT2D eigenvalue weighted by atomic mass is 10.0. The molecular formula is C14H20N4. The number of para-hydroxylation sites is 1. The zero-order valence-corrected chi connectivity index (χ0v) is 11.0. The minimum atomic E-state index is 0.320. The second kappa shape index (κ2) is 5.67. The molecule has 0 spiro atoms. The van der Waals surface area contributed by atoms with Gasteiger partial charge in [-0.3, -0.25) is 0 Å². The van der Waals surface area contributed by atoms with Crippen molar-refractivity contribution in [2.75, 3.05) is 17.6 Å². The van der Waals surface area contributed by atoms with Gasteiger partial charge in [0, 0.05) is 11.9 Å². The number of hydrogen-bond donors (Lipinski definition) is 2. The topological polar surface area (TPSA) is 63.8 Å². The van der Waals surface area contributed by atoms with Crippen LogP contribution in [-0.2, 0) is 0 Å². The summed E-state index contributed by atoms with van der Waals surface area (Å²) in [7, 11) is 0. The molecule has 2 rings (SSSR count). The Kier molecular flexibility index (Phi) is 3.97. The maximum absolute atomic E-state index is 5.73. The molecule has 18 heavy (non-hydrogen) atoms. The molecule has 0 radical (unpaired) electrons. The van der Waals surface area contributed by atoms with E-state index in [1.807, 2.05) is 24.3 Å². The molecule has 3 N–H and O–H groups in total. The zero-order chi connectivity index (χ0) is 13.0. The molecule has 0 unspecified atom stereocenters. The monoisotopic (exact) mass is 244 g/mol. The molecule has 0 bridgehead atoms. The average Bonchev–Trinajstić information content (AvgIpc) is 2.39. The number of nitrogens with one attached hydrogen (secondary N) is 1. The van der Waals surface area contributed by atoms with Crippen LogP contribution in [0.2, 0.25) is 0 Å². The van der Waals surface area contributed by atoms with Gasteiger partial charge in [0.15, 0.2) is 0 Å². The summed E-state index contributed by atoms with van der Waals surface area (Å²) in [5, 5.41) is 4.42. The van der Waals surface area contributed by atoms with Crippen molar-refractivity contribution in [3.8, 4) is 0 Å². The number of nitrogens with zero attached hydrogens (tertiary/aromatic N) is 2. The third-order valence-electron chi connectivity index (χ3n) is 3.33. The lowest BCUT2D eigenvalue weighted by molar-refractivity contribution is 0.518. The van der Waals surface area contributed by atoms with Gasteiger partial charge in [0.2, 0.25) is 5.95 Å². The molecule has 1 heterocycles. The molecule has 2 aromatic rings. The van der Waals surface area contributed by atoms with Crippen LogP contribution in [-0.4, -0.2) is 16.5 Å². The van der Waals surface area contributed by atoms with Crippen LogP contribution in [0, 0.1) is 5.92 Å². The van der Waals surface area contributed by atoms with Crippen LogP contribution >= 0.6 is 0 Å². The number of nitrogens with two attached hydrogens (primary N) is 1. The number of nitrogen functional groups attached to an aromatic ring is 1. The molecule has 0 aliphatic heterocycles. The van der Waals surface area contributed by atoms with Gasteiger partial charge in [-0.2, -0.15) is 4.98 Å². The van der Waals surface area contributed by atoms with Crippen molar-refractivity contribution in [3.05, 3.63) is 24.3 Å². The SMILES string of the molecule is CCC(CC)CNc1nc(N)nc2ccccc12. The van der Waals surface area contributed by atoms with E-state index in [1.54, 1.807) is 0 Å². The molecular weight excluding hydrogens is 224 g/mol. The second-order valence-corrected chi connectivity index (χ2v) is 4.51. The highest BCUT2D eigenvalue weighted by Gasteiger charge is 2.08. The minimum absolute atomic E-state index is 0.320. The summed E-state index contributed by atoms with van der Waals surface area (Å²) in [5.74, 6) is 1.82. The number of anilines is 2. The van der Waals surface area contributed by atoms with Gasteiger partial charge in [-0.05, 0) is 18.1 Å². The van der Waals surface area contributed by atoms with Crippen LogP contribution < -0.4 is 11.1 Å². The molecule has 0 saturated carbocycles. The van der Waals surface area contributed by atoms with Gasteiger partial charge in [0.1, 0.15) is 5.82 Å². The number of fused-ring (bicyclic) bond motifs is 1. The highest BCUT2D eigenvalue weighted by molar-refractivity contribution is 5.89. The van der Waals surface area contributed by atoms with E-state index in [0.717, 1.165) is 23.3 Å². The minimum Gasteiger partial charge on any atom is -0.369 e. The molecule has 1 aromatic heterocycles. The predicted octanol–water partition coefficient (Wildman–Crippen LogP) is 3.06. The fourth-order valence-corrected chi connectivity index (χ4v) is 2.05. The molecule has 1 aromatic carbocycles. The van der Waals surface area contributed by atoms with Crippen LogP contribution in [0.25, 0.3) is 10.9 Å². The summed E-state index contributed by atoms with van der Waals surface area (Å²) in [6.45, 7) is 5.35. The van der Waals surface area contributed by atoms with E-state index in [1.165, 1.54) is 12.8 Å². The van der Waals surface area contributed by atoms with Crippen molar-refractivity contribution in [2.24, 2.45) is 5.92 Å². The van der Waals surface area contributed by atoms with Crippen LogP contribution in [0.4, 0.5) is 11.8 Å². The van der Waals surface area contributed by atoms with E-state index in [0.29, 0.717) is 11.9 Å². The van der Waals surface area contributed by atoms with Crippen molar-refractivity contribution in [2.45, 2.75) is 26.7 Å². The fraction of sp³-hybridized carbons (Fsp3) is 0.429. The van der Waals surface area contributed by atoms with Crippen LogP contribution in [0.1, 0.15) is 26.7 Å². The summed E-state index contributed by atoms with van der Waals surface area (Å²) in [5.41, 5.74) is 6.62. The third kappa shape index (κ3) is 2.70. The Morgan fingerprint density at radius 3 is 2.61 bits per heavy atom. The highest BCUT2D eigenvalue weighted by atomic mass is 15.1. The second-order valence-electron chi connectivity index (χ2n) is 4.51. The van der Waals surface area contributed by atoms with Gasteiger partial charge >= 0.3 is 0 Å². The van der Waals surface area contributed by atoms with E-state index in [2.05, 4.69) is 29.1 Å². The normalized spacial score (nSPS) is 11.1. The smallest absolute Gasteiger partial charge is 0.222 e. The van der Waals surface area contributed by atoms with Crippen LogP contribution in [0.3, 0.4) is 0 Å². The van der Waals surface area contributed by atoms with Gasteiger partial charge in [0.05, 0.1) is 5.52 Å². The van der Waals surface area contributed by atoms with E-state index < -0.39 is 0 Å². The van der Waals surface area contributed by atoms with Crippen LogP contribution in [0.5, 0.6) is 0 Å².